The molecule has 0 aliphatic heterocycles. The highest BCUT2D eigenvalue weighted by Gasteiger charge is 2.33. The molecule has 0 radical (unpaired) electrons. The normalized spacial score (nSPS) is 11.3. The van der Waals surface area contributed by atoms with Crippen molar-refractivity contribution in [2.24, 2.45) is 7.05 Å². The number of halogens is 3. The van der Waals surface area contributed by atoms with Gasteiger partial charge in [0.05, 0.1) is 11.9 Å². The van der Waals surface area contributed by atoms with Gasteiger partial charge in [-0.05, 0) is 23.1 Å². The molecule has 0 saturated carbocycles. The summed E-state index contributed by atoms with van der Waals surface area (Å²) in [7, 11) is 1.78. The van der Waals surface area contributed by atoms with Crippen molar-refractivity contribution in [3.05, 3.63) is 53.1 Å². The zero-order valence-corrected chi connectivity index (χ0v) is 13.7. The van der Waals surface area contributed by atoms with Crippen molar-refractivity contribution in [1.29, 1.82) is 0 Å². The van der Waals surface area contributed by atoms with Crippen LogP contribution in [0.2, 0.25) is 0 Å². The first-order chi connectivity index (χ1) is 10.3. The lowest BCUT2D eigenvalue weighted by Crippen LogP contribution is -2.11. The largest absolute Gasteiger partial charge is 0.416 e. The van der Waals surface area contributed by atoms with Crippen LogP contribution in [0.1, 0.15) is 56.0 Å². The van der Waals surface area contributed by atoms with Crippen LogP contribution in [0.15, 0.2) is 30.7 Å². The average Bonchev–Trinajstić information content (AvgIpc) is 2.85. The van der Waals surface area contributed by atoms with Gasteiger partial charge >= 0.3 is 6.18 Å². The maximum absolute atomic E-state index is 13.2. The fourth-order valence-electron chi connectivity index (χ4n) is 2.12. The second-order valence-corrected chi connectivity index (χ2v) is 5.24. The van der Waals surface area contributed by atoms with Gasteiger partial charge in [0.15, 0.2) is 0 Å². The van der Waals surface area contributed by atoms with Crippen LogP contribution >= 0.6 is 0 Å². The second-order valence-electron chi connectivity index (χ2n) is 5.24. The van der Waals surface area contributed by atoms with Crippen molar-refractivity contribution >= 4 is 0 Å². The average molecular weight is 312 g/mol. The van der Waals surface area contributed by atoms with E-state index in [4.69, 9.17) is 0 Å². The van der Waals surface area contributed by atoms with Gasteiger partial charge in [0.2, 0.25) is 0 Å². The summed E-state index contributed by atoms with van der Waals surface area (Å²) in [4.78, 5) is 3.94. The van der Waals surface area contributed by atoms with Crippen LogP contribution in [0.3, 0.4) is 0 Å². The summed E-state index contributed by atoms with van der Waals surface area (Å²) in [5, 5.41) is 0. The molecular weight excluding hydrogens is 289 g/mol. The van der Waals surface area contributed by atoms with Crippen molar-refractivity contribution in [3.63, 3.8) is 0 Å². The van der Waals surface area contributed by atoms with E-state index in [1.807, 2.05) is 27.7 Å². The van der Waals surface area contributed by atoms with Crippen LogP contribution in [0, 0.1) is 0 Å². The summed E-state index contributed by atoms with van der Waals surface area (Å²) < 4.78 is 41.3. The number of aromatic nitrogens is 2. The van der Waals surface area contributed by atoms with Gasteiger partial charge in [-0.2, -0.15) is 13.2 Å². The first-order valence-corrected chi connectivity index (χ1v) is 7.44. The number of hydrogen-bond acceptors (Lipinski definition) is 1. The van der Waals surface area contributed by atoms with E-state index in [1.54, 1.807) is 36.3 Å². The van der Waals surface area contributed by atoms with Crippen molar-refractivity contribution in [2.45, 2.75) is 46.2 Å². The molecular formula is C17H23F3N2. The molecule has 0 N–H and O–H groups in total. The Balaban J connectivity index is 0.00000116. The summed E-state index contributed by atoms with van der Waals surface area (Å²) in [6.45, 7) is 7.77. The van der Waals surface area contributed by atoms with Gasteiger partial charge in [0.1, 0.15) is 0 Å². The number of aryl methyl sites for hydroxylation is 1. The molecule has 1 aromatic carbocycles. The Morgan fingerprint density at radius 1 is 1.18 bits per heavy atom. The predicted molar refractivity (Wildman–Crippen MR) is 82.9 cm³/mol. The van der Waals surface area contributed by atoms with Crippen molar-refractivity contribution in [3.8, 4) is 0 Å². The Morgan fingerprint density at radius 3 is 2.27 bits per heavy atom. The van der Waals surface area contributed by atoms with Gasteiger partial charge in [-0.1, -0.05) is 39.8 Å². The molecule has 2 aromatic rings. The van der Waals surface area contributed by atoms with E-state index >= 15 is 0 Å². The maximum Gasteiger partial charge on any atom is 0.416 e. The van der Waals surface area contributed by atoms with Crippen LogP contribution in [0.25, 0.3) is 0 Å². The van der Waals surface area contributed by atoms with Crippen LogP contribution < -0.4 is 0 Å². The molecule has 0 saturated heterocycles. The zero-order valence-electron chi connectivity index (χ0n) is 13.7. The predicted octanol–water partition coefficient (Wildman–Crippen LogP) is 5.18. The van der Waals surface area contributed by atoms with Gasteiger partial charge in [0.25, 0.3) is 0 Å². The molecule has 5 heteroatoms. The third kappa shape index (κ3) is 4.36. The van der Waals surface area contributed by atoms with Gasteiger partial charge in [-0.3, -0.25) is 0 Å². The molecule has 0 unspecified atom stereocenters. The number of alkyl halides is 3. The molecule has 22 heavy (non-hydrogen) atoms. The summed E-state index contributed by atoms with van der Waals surface area (Å²) in [5.41, 5.74) is 1.19. The van der Waals surface area contributed by atoms with E-state index in [9.17, 15) is 13.2 Å². The summed E-state index contributed by atoms with van der Waals surface area (Å²) in [6.07, 6.45) is -0.926. The first-order valence-electron chi connectivity index (χ1n) is 7.44. The van der Waals surface area contributed by atoms with Gasteiger partial charge in [0, 0.05) is 25.4 Å². The zero-order chi connectivity index (χ0) is 16.9. The monoisotopic (exact) mass is 312 g/mol. The molecule has 1 aromatic heterocycles. The maximum atomic E-state index is 13.2. The Hall–Kier alpha value is -1.78. The second kappa shape index (κ2) is 7.47. The Bertz CT molecular complexity index is 598. The van der Waals surface area contributed by atoms with E-state index in [0.717, 1.165) is 5.69 Å². The third-order valence-corrected chi connectivity index (χ3v) is 3.39. The summed E-state index contributed by atoms with van der Waals surface area (Å²) in [5.74, 6) is 0.0712. The van der Waals surface area contributed by atoms with Crippen LogP contribution in [0.4, 0.5) is 13.2 Å². The molecule has 0 amide bonds. The van der Waals surface area contributed by atoms with Crippen LogP contribution in [-0.4, -0.2) is 9.55 Å². The molecule has 1 heterocycles. The Kier molecular flexibility index (Phi) is 6.21. The van der Waals surface area contributed by atoms with E-state index in [1.165, 1.54) is 6.07 Å². The smallest absolute Gasteiger partial charge is 0.337 e. The lowest BCUT2D eigenvalue weighted by molar-refractivity contribution is -0.138. The van der Waals surface area contributed by atoms with E-state index in [0.29, 0.717) is 5.56 Å². The Labute approximate surface area is 130 Å². The molecule has 2 rings (SSSR count). The van der Waals surface area contributed by atoms with Crippen LogP contribution in [0.5, 0.6) is 0 Å². The minimum atomic E-state index is -4.33. The molecule has 0 aliphatic carbocycles. The topological polar surface area (TPSA) is 17.8 Å². The van der Waals surface area contributed by atoms with Crippen molar-refractivity contribution in [1.82, 2.24) is 9.55 Å². The van der Waals surface area contributed by atoms with Crippen LogP contribution in [-0.2, 0) is 19.6 Å². The summed E-state index contributed by atoms with van der Waals surface area (Å²) >= 11 is 0. The number of imidazole rings is 1. The number of rotatable bonds is 3. The van der Waals surface area contributed by atoms with Gasteiger partial charge in [-0.15, -0.1) is 0 Å². The molecule has 0 fully saturated rings. The van der Waals surface area contributed by atoms with Gasteiger partial charge < -0.3 is 4.57 Å². The SMILES string of the molecule is CC.CC(C)c1ccc(Cc2cncn2C)c(C(F)(F)F)c1. The quantitative estimate of drug-likeness (QED) is 0.763. The fraction of sp³-hybridized carbons (Fsp3) is 0.471. The minimum Gasteiger partial charge on any atom is -0.337 e. The van der Waals surface area contributed by atoms with Crippen molar-refractivity contribution in [2.75, 3.05) is 0 Å². The minimum absolute atomic E-state index is 0.0712. The fourth-order valence-corrected chi connectivity index (χ4v) is 2.12. The number of nitrogens with zero attached hydrogens (tertiary/aromatic N) is 2. The molecule has 0 atom stereocenters. The Morgan fingerprint density at radius 2 is 1.82 bits per heavy atom. The van der Waals surface area contributed by atoms with E-state index in [2.05, 4.69) is 4.98 Å². The molecule has 0 aliphatic rings. The van der Waals surface area contributed by atoms with E-state index < -0.39 is 11.7 Å². The molecule has 122 valence electrons. The van der Waals surface area contributed by atoms with E-state index in [-0.39, 0.29) is 17.9 Å². The van der Waals surface area contributed by atoms with Crippen molar-refractivity contribution < 1.29 is 13.2 Å². The highest BCUT2D eigenvalue weighted by Crippen LogP contribution is 2.35. The number of benzene rings is 1. The molecule has 0 spiro atoms. The number of hydrogen-bond donors (Lipinski definition) is 0. The first kappa shape index (κ1) is 18.3. The molecule has 0 bridgehead atoms. The molecule has 2 nitrogen and oxygen atoms in total. The highest BCUT2D eigenvalue weighted by atomic mass is 19.4. The highest BCUT2D eigenvalue weighted by molar-refractivity contribution is 5.37. The standard InChI is InChI=1S/C15H17F3N2.C2H6/c1-10(2)11-4-5-12(14(7-11)15(16,17)18)6-13-8-19-9-20(13)3;1-2/h4-5,7-10H,6H2,1-3H3;1-2H3. The lowest BCUT2D eigenvalue weighted by atomic mass is 9.95. The van der Waals surface area contributed by atoms with Gasteiger partial charge in [-0.25, -0.2) is 4.98 Å². The summed E-state index contributed by atoms with van der Waals surface area (Å²) in [6, 6.07) is 4.60. The lowest BCUT2D eigenvalue weighted by Gasteiger charge is -2.16. The third-order valence-electron chi connectivity index (χ3n) is 3.39.